The van der Waals surface area contributed by atoms with Crippen LogP contribution >= 0.6 is 11.6 Å². The maximum absolute atomic E-state index is 12.8. The Morgan fingerprint density at radius 1 is 1.60 bits per heavy atom. The van der Waals surface area contributed by atoms with Crippen molar-refractivity contribution in [1.82, 2.24) is 4.98 Å². The summed E-state index contributed by atoms with van der Waals surface area (Å²) in [7, 11) is 1.58. The van der Waals surface area contributed by atoms with E-state index in [0.717, 1.165) is 6.20 Å². The van der Waals surface area contributed by atoms with Gasteiger partial charge in [-0.15, -0.1) is 11.6 Å². The summed E-state index contributed by atoms with van der Waals surface area (Å²) in [6, 6.07) is 1.31. The molecule has 1 aromatic heterocycles. The van der Waals surface area contributed by atoms with Crippen LogP contribution in [0.2, 0.25) is 0 Å². The van der Waals surface area contributed by atoms with Crippen LogP contribution in [0.15, 0.2) is 12.3 Å². The highest BCUT2D eigenvalue weighted by atomic mass is 35.5. The first-order chi connectivity index (χ1) is 7.17. The Kier molecular flexibility index (Phi) is 4.78. The summed E-state index contributed by atoms with van der Waals surface area (Å²) in [6.07, 6.45) is 0.959. The Labute approximate surface area is 93.2 Å². The van der Waals surface area contributed by atoms with Gasteiger partial charge in [-0.1, -0.05) is 0 Å². The minimum atomic E-state index is -0.419. The molecule has 1 unspecified atom stereocenters. The molecule has 5 heteroatoms. The summed E-state index contributed by atoms with van der Waals surface area (Å²) in [5.41, 5.74) is 0.541. The van der Waals surface area contributed by atoms with E-state index in [0.29, 0.717) is 18.1 Å². The second kappa shape index (κ2) is 5.88. The Balaban J connectivity index is 2.75. The molecule has 15 heavy (non-hydrogen) atoms. The number of halogens is 2. The van der Waals surface area contributed by atoms with E-state index in [-0.39, 0.29) is 12.0 Å². The Morgan fingerprint density at radius 2 is 2.33 bits per heavy atom. The van der Waals surface area contributed by atoms with Gasteiger partial charge in [0.15, 0.2) is 0 Å². The van der Waals surface area contributed by atoms with Gasteiger partial charge in [0.1, 0.15) is 11.9 Å². The first kappa shape index (κ1) is 12.2. The number of ether oxygens (including phenoxy) is 2. The van der Waals surface area contributed by atoms with Crippen LogP contribution in [0.5, 0.6) is 5.88 Å². The maximum Gasteiger partial charge on any atom is 0.218 e. The van der Waals surface area contributed by atoms with Crippen LogP contribution in [0.25, 0.3) is 0 Å². The molecule has 1 aromatic rings. The minimum Gasteiger partial charge on any atom is -0.472 e. The van der Waals surface area contributed by atoms with E-state index in [4.69, 9.17) is 21.1 Å². The van der Waals surface area contributed by atoms with Gasteiger partial charge >= 0.3 is 0 Å². The molecule has 0 fully saturated rings. The lowest BCUT2D eigenvalue weighted by Crippen LogP contribution is -2.19. The standard InChI is InChI=1S/C10H13ClFNO2/c1-7(6-14-2)15-10-8(4-11)3-9(12)5-13-10/h3,5,7H,4,6H2,1-2H3. The predicted molar refractivity (Wildman–Crippen MR) is 55.7 cm³/mol. The van der Waals surface area contributed by atoms with Gasteiger partial charge in [-0.2, -0.15) is 0 Å². The average Bonchev–Trinajstić information content (AvgIpc) is 2.21. The molecule has 0 N–H and O–H groups in total. The topological polar surface area (TPSA) is 31.4 Å². The minimum absolute atomic E-state index is 0.144. The highest BCUT2D eigenvalue weighted by molar-refractivity contribution is 6.17. The van der Waals surface area contributed by atoms with E-state index in [1.807, 2.05) is 6.92 Å². The normalized spacial score (nSPS) is 12.5. The molecule has 0 amide bonds. The van der Waals surface area contributed by atoms with E-state index in [1.165, 1.54) is 6.07 Å². The summed E-state index contributed by atoms with van der Waals surface area (Å²) in [6.45, 7) is 2.29. The van der Waals surface area contributed by atoms with Gasteiger partial charge < -0.3 is 9.47 Å². The van der Waals surface area contributed by atoms with Gasteiger partial charge in [0.25, 0.3) is 0 Å². The lowest BCUT2D eigenvalue weighted by Gasteiger charge is -2.14. The zero-order valence-electron chi connectivity index (χ0n) is 8.67. The number of hydrogen-bond acceptors (Lipinski definition) is 3. The third kappa shape index (κ3) is 3.64. The number of rotatable bonds is 5. The van der Waals surface area contributed by atoms with Gasteiger partial charge in [0, 0.05) is 12.7 Å². The van der Waals surface area contributed by atoms with E-state index in [2.05, 4.69) is 4.98 Å². The van der Waals surface area contributed by atoms with Crippen molar-refractivity contribution in [3.8, 4) is 5.88 Å². The Morgan fingerprint density at radius 3 is 2.93 bits per heavy atom. The lowest BCUT2D eigenvalue weighted by atomic mass is 10.3. The predicted octanol–water partition coefficient (Wildman–Crippen LogP) is 2.37. The van der Waals surface area contributed by atoms with Crippen molar-refractivity contribution < 1.29 is 13.9 Å². The summed E-state index contributed by atoms with van der Waals surface area (Å²) in [4.78, 5) is 3.83. The van der Waals surface area contributed by atoms with Gasteiger partial charge in [0.05, 0.1) is 18.7 Å². The molecule has 0 aliphatic rings. The molecule has 3 nitrogen and oxygen atoms in total. The molecule has 0 saturated heterocycles. The SMILES string of the molecule is COCC(C)Oc1ncc(F)cc1CCl. The molecule has 0 bridgehead atoms. The van der Waals surface area contributed by atoms with Crippen molar-refractivity contribution in [2.45, 2.75) is 18.9 Å². The summed E-state index contributed by atoms with van der Waals surface area (Å²) >= 11 is 5.65. The number of pyridine rings is 1. The van der Waals surface area contributed by atoms with E-state index in [1.54, 1.807) is 7.11 Å². The molecule has 1 atom stereocenters. The van der Waals surface area contributed by atoms with Crippen molar-refractivity contribution in [2.75, 3.05) is 13.7 Å². The summed E-state index contributed by atoms with van der Waals surface area (Å²) < 4.78 is 23.2. The van der Waals surface area contributed by atoms with Crippen molar-refractivity contribution in [2.24, 2.45) is 0 Å². The largest absolute Gasteiger partial charge is 0.472 e. The molecule has 0 saturated carbocycles. The van der Waals surface area contributed by atoms with Crippen molar-refractivity contribution in [1.29, 1.82) is 0 Å². The van der Waals surface area contributed by atoms with Gasteiger partial charge in [0.2, 0.25) is 5.88 Å². The molecule has 0 aliphatic heterocycles. The van der Waals surface area contributed by atoms with Crippen LogP contribution < -0.4 is 4.74 Å². The second-order valence-corrected chi connectivity index (χ2v) is 3.40. The van der Waals surface area contributed by atoms with Crippen LogP contribution in [0.3, 0.4) is 0 Å². The number of aromatic nitrogens is 1. The van der Waals surface area contributed by atoms with E-state index >= 15 is 0 Å². The van der Waals surface area contributed by atoms with Crippen molar-refractivity contribution in [3.63, 3.8) is 0 Å². The van der Waals surface area contributed by atoms with Gasteiger partial charge in [-0.05, 0) is 13.0 Å². The molecular weight excluding hydrogens is 221 g/mol. The molecule has 0 aromatic carbocycles. The summed E-state index contributed by atoms with van der Waals surface area (Å²) in [5.74, 6) is 0.105. The number of nitrogens with zero attached hydrogens (tertiary/aromatic N) is 1. The third-order valence-electron chi connectivity index (χ3n) is 1.75. The Bertz CT molecular complexity index is 322. The number of alkyl halides is 1. The first-order valence-electron chi connectivity index (χ1n) is 4.53. The smallest absolute Gasteiger partial charge is 0.218 e. The maximum atomic E-state index is 12.8. The highest BCUT2D eigenvalue weighted by Crippen LogP contribution is 2.19. The molecule has 0 radical (unpaired) electrons. The van der Waals surface area contributed by atoms with Crippen LogP contribution in [0.4, 0.5) is 4.39 Å². The van der Waals surface area contributed by atoms with Crippen LogP contribution in [-0.2, 0) is 10.6 Å². The molecule has 1 rings (SSSR count). The first-order valence-corrected chi connectivity index (χ1v) is 5.06. The summed E-state index contributed by atoms with van der Waals surface area (Å²) in [5, 5.41) is 0. The zero-order valence-corrected chi connectivity index (χ0v) is 9.42. The van der Waals surface area contributed by atoms with E-state index in [9.17, 15) is 4.39 Å². The molecule has 0 aliphatic carbocycles. The highest BCUT2D eigenvalue weighted by Gasteiger charge is 2.10. The monoisotopic (exact) mass is 233 g/mol. The quantitative estimate of drug-likeness (QED) is 0.732. The van der Waals surface area contributed by atoms with Crippen LogP contribution in [-0.4, -0.2) is 24.8 Å². The molecule has 0 spiro atoms. The van der Waals surface area contributed by atoms with E-state index < -0.39 is 5.82 Å². The lowest BCUT2D eigenvalue weighted by molar-refractivity contribution is 0.0883. The third-order valence-corrected chi connectivity index (χ3v) is 2.04. The van der Waals surface area contributed by atoms with Gasteiger partial charge in [-0.3, -0.25) is 0 Å². The van der Waals surface area contributed by atoms with Crippen molar-refractivity contribution >= 4 is 11.6 Å². The average molecular weight is 234 g/mol. The van der Waals surface area contributed by atoms with Crippen LogP contribution in [0, 0.1) is 5.82 Å². The fraction of sp³-hybridized carbons (Fsp3) is 0.500. The fourth-order valence-corrected chi connectivity index (χ4v) is 1.32. The number of methoxy groups -OCH3 is 1. The fourth-order valence-electron chi connectivity index (χ4n) is 1.13. The molecule has 84 valence electrons. The molecule has 1 heterocycles. The molecular formula is C10H13ClFNO2. The van der Waals surface area contributed by atoms with Crippen molar-refractivity contribution in [3.05, 3.63) is 23.6 Å². The van der Waals surface area contributed by atoms with Crippen LogP contribution in [0.1, 0.15) is 12.5 Å². The van der Waals surface area contributed by atoms with Gasteiger partial charge in [-0.25, -0.2) is 9.37 Å². The second-order valence-electron chi connectivity index (χ2n) is 3.14. The Hall–Kier alpha value is -0.870. The zero-order chi connectivity index (χ0) is 11.3. The number of hydrogen-bond donors (Lipinski definition) is 0.